The van der Waals surface area contributed by atoms with Gasteiger partial charge < -0.3 is 4.90 Å². The summed E-state index contributed by atoms with van der Waals surface area (Å²) in [5, 5.41) is 0. The number of rotatable bonds is 2. The molecular formula is C22H25NO. The fraction of sp³-hybridized carbons (Fsp3) is 0.409. The summed E-state index contributed by atoms with van der Waals surface area (Å²) in [6.45, 7) is 0.996. The summed E-state index contributed by atoms with van der Waals surface area (Å²) in [5.41, 5.74) is 4.04. The molecule has 2 nitrogen and oxygen atoms in total. The predicted octanol–water partition coefficient (Wildman–Crippen LogP) is 4.94. The maximum absolute atomic E-state index is 12.9. The number of carbonyl (C=O) groups is 1. The van der Waals surface area contributed by atoms with E-state index in [1.165, 1.54) is 29.7 Å². The Morgan fingerprint density at radius 2 is 1.62 bits per heavy atom. The molecule has 124 valence electrons. The molecule has 2 aromatic carbocycles. The van der Waals surface area contributed by atoms with Gasteiger partial charge in [0.05, 0.1) is 6.04 Å². The van der Waals surface area contributed by atoms with Crippen molar-refractivity contribution in [3.05, 3.63) is 65.7 Å². The first-order valence-corrected chi connectivity index (χ1v) is 9.27. The smallest absolute Gasteiger partial charge is 0.138 e. The number of benzene rings is 2. The molecule has 0 aromatic heterocycles. The second-order valence-corrected chi connectivity index (χ2v) is 7.09. The molecule has 0 radical (unpaired) electrons. The number of hydrogen-bond acceptors (Lipinski definition) is 2. The minimum atomic E-state index is 0.133. The minimum Gasteiger partial charge on any atom is -0.363 e. The Bertz CT molecular complexity index is 709. The van der Waals surface area contributed by atoms with Gasteiger partial charge in [0, 0.05) is 24.6 Å². The molecular weight excluding hydrogens is 294 g/mol. The Morgan fingerprint density at radius 1 is 0.833 bits per heavy atom. The summed E-state index contributed by atoms with van der Waals surface area (Å²) in [6.07, 6.45) is 6.28. The summed E-state index contributed by atoms with van der Waals surface area (Å²) >= 11 is 0. The average molecular weight is 319 g/mol. The fourth-order valence-corrected chi connectivity index (χ4v) is 4.46. The van der Waals surface area contributed by atoms with Crippen molar-refractivity contribution in [3.63, 3.8) is 0 Å². The topological polar surface area (TPSA) is 20.3 Å². The summed E-state index contributed by atoms with van der Waals surface area (Å²) in [5.74, 6) is 0.601. The third-order valence-corrected chi connectivity index (χ3v) is 5.65. The Labute approximate surface area is 144 Å². The number of para-hydroxylation sites is 1. The van der Waals surface area contributed by atoms with Gasteiger partial charge in [0.2, 0.25) is 0 Å². The van der Waals surface area contributed by atoms with Gasteiger partial charge in [-0.25, -0.2) is 0 Å². The highest BCUT2D eigenvalue weighted by Gasteiger charge is 2.37. The molecule has 0 spiro atoms. The lowest BCUT2D eigenvalue weighted by Gasteiger charge is -2.42. The molecule has 2 atom stereocenters. The molecule has 24 heavy (non-hydrogen) atoms. The largest absolute Gasteiger partial charge is 0.363 e. The zero-order chi connectivity index (χ0) is 16.4. The third kappa shape index (κ3) is 2.86. The van der Waals surface area contributed by atoms with Crippen molar-refractivity contribution in [1.82, 2.24) is 0 Å². The summed E-state index contributed by atoms with van der Waals surface area (Å²) in [6, 6.07) is 19.6. The van der Waals surface area contributed by atoms with Crippen LogP contribution in [0.2, 0.25) is 0 Å². The normalized spacial score (nSPS) is 24.3. The van der Waals surface area contributed by atoms with Crippen LogP contribution in [0.25, 0.3) is 0 Å². The Kier molecular flexibility index (Phi) is 4.38. The molecule has 4 rings (SSSR count). The molecule has 2 aliphatic rings. The van der Waals surface area contributed by atoms with E-state index in [2.05, 4.69) is 59.5 Å². The molecule has 1 saturated carbocycles. The van der Waals surface area contributed by atoms with E-state index in [0.29, 0.717) is 5.78 Å². The number of ketones is 1. The Morgan fingerprint density at radius 3 is 2.50 bits per heavy atom. The average Bonchev–Trinajstić information content (AvgIpc) is 2.86. The highest BCUT2D eigenvalue weighted by atomic mass is 16.1. The monoisotopic (exact) mass is 319 g/mol. The summed E-state index contributed by atoms with van der Waals surface area (Å²) in [4.78, 5) is 15.4. The van der Waals surface area contributed by atoms with Gasteiger partial charge >= 0.3 is 0 Å². The highest BCUT2D eigenvalue weighted by molar-refractivity contribution is 5.83. The number of Topliss-reactive ketones (excluding diaryl/α,β-unsaturated/α-hetero) is 1. The molecule has 1 aliphatic carbocycles. The molecule has 2 unspecified atom stereocenters. The SMILES string of the molecule is O=C1CCCCCC1C1c2ccccc2CCN1c1ccccc1. The number of carbonyl (C=O) groups excluding carboxylic acids is 1. The first-order chi connectivity index (χ1) is 11.8. The van der Waals surface area contributed by atoms with E-state index >= 15 is 0 Å². The number of anilines is 1. The fourth-order valence-electron chi connectivity index (χ4n) is 4.46. The molecule has 1 aliphatic heterocycles. The standard InChI is InChI=1S/C22H25NO/c24-21-14-6-2-5-13-20(21)22-19-12-8-7-9-17(19)15-16-23(22)18-10-3-1-4-11-18/h1,3-4,7-12,20,22H,2,5-6,13-16H2. The van der Waals surface area contributed by atoms with Gasteiger partial charge in [-0.2, -0.15) is 0 Å². The van der Waals surface area contributed by atoms with E-state index in [4.69, 9.17) is 0 Å². The van der Waals surface area contributed by atoms with Crippen LogP contribution in [-0.2, 0) is 11.2 Å². The van der Waals surface area contributed by atoms with Crippen LogP contribution >= 0.6 is 0 Å². The first kappa shape index (κ1) is 15.4. The van der Waals surface area contributed by atoms with Crippen molar-refractivity contribution in [2.45, 2.75) is 44.6 Å². The van der Waals surface area contributed by atoms with Crippen molar-refractivity contribution in [1.29, 1.82) is 0 Å². The zero-order valence-electron chi connectivity index (χ0n) is 14.2. The maximum Gasteiger partial charge on any atom is 0.138 e. The molecule has 0 saturated heterocycles. The maximum atomic E-state index is 12.9. The van der Waals surface area contributed by atoms with Gasteiger partial charge in [-0.3, -0.25) is 4.79 Å². The quantitative estimate of drug-likeness (QED) is 0.731. The summed E-state index contributed by atoms with van der Waals surface area (Å²) in [7, 11) is 0. The Hall–Kier alpha value is -2.09. The number of fused-ring (bicyclic) bond motifs is 1. The van der Waals surface area contributed by atoms with E-state index in [1.54, 1.807) is 0 Å². The van der Waals surface area contributed by atoms with Gasteiger partial charge in [0.25, 0.3) is 0 Å². The van der Waals surface area contributed by atoms with Crippen LogP contribution in [0.1, 0.15) is 49.3 Å². The van der Waals surface area contributed by atoms with Crippen molar-refractivity contribution in [2.24, 2.45) is 5.92 Å². The lowest BCUT2D eigenvalue weighted by Crippen LogP contribution is -2.41. The number of nitrogens with zero attached hydrogens (tertiary/aromatic N) is 1. The van der Waals surface area contributed by atoms with E-state index in [1.807, 2.05) is 0 Å². The third-order valence-electron chi connectivity index (χ3n) is 5.65. The van der Waals surface area contributed by atoms with Gasteiger partial charge in [-0.1, -0.05) is 55.3 Å². The second kappa shape index (κ2) is 6.80. The van der Waals surface area contributed by atoms with Crippen LogP contribution in [0.4, 0.5) is 5.69 Å². The first-order valence-electron chi connectivity index (χ1n) is 9.27. The van der Waals surface area contributed by atoms with Crippen LogP contribution in [0, 0.1) is 5.92 Å². The van der Waals surface area contributed by atoms with Crippen LogP contribution < -0.4 is 4.90 Å². The van der Waals surface area contributed by atoms with Crippen LogP contribution in [0.3, 0.4) is 0 Å². The van der Waals surface area contributed by atoms with Crippen molar-refractivity contribution >= 4 is 11.5 Å². The van der Waals surface area contributed by atoms with Crippen LogP contribution in [0.5, 0.6) is 0 Å². The van der Waals surface area contributed by atoms with Crippen molar-refractivity contribution in [3.8, 4) is 0 Å². The van der Waals surface area contributed by atoms with Crippen LogP contribution in [0.15, 0.2) is 54.6 Å². The van der Waals surface area contributed by atoms with Crippen molar-refractivity contribution < 1.29 is 4.79 Å². The molecule has 1 heterocycles. The van der Waals surface area contributed by atoms with Gasteiger partial charge in [-0.15, -0.1) is 0 Å². The Balaban J connectivity index is 1.78. The predicted molar refractivity (Wildman–Crippen MR) is 98.3 cm³/mol. The van der Waals surface area contributed by atoms with Crippen LogP contribution in [-0.4, -0.2) is 12.3 Å². The van der Waals surface area contributed by atoms with Gasteiger partial charge in [0.1, 0.15) is 5.78 Å². The van der Waals surface area contributed by atoms with E-state index in [9.17, 15) is 4.79 Å². The molecule has 1 fully saturated rings. The lowest BCUT2D eigenvalue weighted by atomic mass is 9.80. The van der Waals surface area contributed by atoms with Gasteiger partial charge in [0.15, 0.2) is 0 Å². The molecule has 0 amide bonds. The zero-order valence-corrected chi connectivity index (χ0v) is 14.2. The highest BCUT2D eigenvalue weighted by Crippen LogP contribution is 2.42. The molecule has 2 heteroatoms. The van der Waals surface area contributed by atoms with Gasteiger partial charge in [-0.05, 0) is 42.5 Å². The van der Waals surface area contributed by atoms with E-state index in [-0.39, 0.29) is 12.0 Å². The molecule has 0 N–H and O–H groups in total. The van der Waals surface area contributed by atoms with E-state index < -0.39 is 0 Å². The minimum absolute atomic E-state index is 0.133. The number of hydrogen-bond donors (Lipinski definition) is 0. The lowest BCUT2D eigenvalue weighted by molar-refractivity contribution is -0.123. The van der Waals surface area contributed by atoms with E-state index in [0.717, 1.165) is 32.2 Å². The summed E-state index contributed by atoms with van der Waals surface area (Å²) < 4.78 is 0. The van der Waals surface area contributed by atoms with Crippen molar-refractivity contribution in [2.75, 3.05) is 11.4 Å². The molecule has 0 bridgehead atoms. The molecule has 2 aromatic rings. The second-order valence-electron chi connectivity index (χ2n) is 7.09.